The first-order valence-corrected chi connectivity index (χ1v) is 12.9. The molecule has 5 rings (SSSR count). The van der Waals surface area contributed by atoms with Crippen LogP contribution in [0.3, 0.4) is 0 Å². The second-order valence-corrected chi connectivity index (χ2v) is 11.5. The molecule has 34 heavy (non-hydrogen) atoms. The van der Waals surface area contributed by atoms with Gasteiger partial charge in [-0.25, -0.2) is 4.98 Å². The second kappa shape index (κ2) is 8.96. The smallest absolute Gasteiger partial charge is 0.186 e. The maximum atomic E-state index is 9.13. The molecule has 2 aromatic carbocycles. The maximum absolute atomic E-state index is 9.13. The highest BCUT2D eigenvalue weighted by molar-refractivity contribution is 7.16. The molecule has 0 radical (unpaired) electrons. The van der Waals surface area contributed by atoms with Gasteiger partial charge in [0.2, 0.25) is 0 Å². The number of nitrogens with zero attached hydrogens (tertiary/aromatic N) is 4. The number of benzene rings is 2. The Morgan fingerprint density at radius 2 is 1.74 bits per heavy atom. The minimum atomic E-state index is -0.160. The summed E-state index contributed by atoms with van der Waals surface area (Å²) in [4.78, 5) is 9.89. The topological polar surface area (TPSA) is 52.4 Å². The van der Waals surface area contributed by atoms with Crippen molar-refractivity contribution >= 4 is 22.2 Å². The predicted octanol–water partition coefficient (Wildman–Crippen LogP) is 6.14. The summed E-state index contributed by atoms with van der Waals surface area (Å²) in [5.41, 5.74) is 3.87. The molecule has 176 valence electrons. The lowest BCUT2D eigenvalue weighted by Gasteiger charge is -2.41. The van der Waals surface area contributed by atoms with Crippen molar-refractivity contribution in [3.63, 3.8) is 0 Å². The lowest BCUT2D eigenvalue weighted by atomic mass is 9.86. The predicted molar refractivity (Wildman–Crippen MR) is 139 cm³/mol. The monoisotopic (exact) mass is 472 g/mol. The molecule has 6 heteroatoms. The third kappa shape index (κ3) is 4.63. The standard InChI is InChI=1S/C28H32N4OS/c1-27(2,3)22-10-8-21(9-11-22)20-32-17-14-28(33-25-7-5-4-6-24(25)32)12-15-31(16-13-28)26-30-19-23(18-29)34-26/h4-11,19H,12-17,20H2,1-3H3. The fourth-order valence-electron chi connectivity index (χ4n) is 4.96. The number of aromatic nitrogens is 1. The van der Waals surface area contributed by atoms with E-state index in [1.54, 1.807) is 6.20 Å². The van der Waals surface area contributed by atoms with Crippen LogP contribution in [0.1, 0.15) is 56.0 Å². The largest absolute Gasteiger partial charge is 0.485 e. The first-order valence-electron chi connectivity index (χ1n) is 12.1. The second-order valence-electron chi connectivity index (χ2n) is 10.5. The summed E-state index contributed by atoms with van der Waals surface area (Å²) in [6.45, 7) is 10.4. The van der Waals surface area contributed by atoms with Crippen molar-refractivity contribution in [1.29, 1.82) is 5.26 Å². The number of thiazole rings is 1. The summed E-state index contributed by atoms with van der Waals surface area (Å²) in [6.07, 6.45) is 4.58. The average molecular weight is 473 g/mol. The maximum Gasteiger partial charge on any atom is 0.186 e. The summed E-state index contributed by atoms with van der Waals surface area (Å²) < 4.78 is 6.79. The van der Waals surface area contributed by atoms with Gasteiger partial charge in [0, 0.05) is 45.4 Å². The van der Waals surface area contributed by atoms with E-state index in [1.165, 1.54) is 28.2 Å². The van der Waals surface area contributed by atoms with Crippen molar-refractivity contribution < 1.29 is 4.74 Å². The Morgan fingerprint density at radius 3 is 2.41 bits per heavy atom. The number of hydrogen-bond acceptors (Lipinski definition) is 6. The van der Waals surface area contributed by atoms with E-state index in [4.69, 9.17) is 10.00 Å². The van der Waals surface area contributed by atoms with Crippen LogP contribution in [0, 0.1) is 11.3 Å². The molecule has 1 fully saturated rings. The Kier molecular flexibility index (Phi) is 5.99. The number of para-hydroxylation sites is 2. The lowest BCUT2D eigenvalue weighted by Crippen LogP contribution is -2.48. The van der Waals surface area contributed by atoms with Crippen LogP contribution < -0.4 is 14.5 Å². The highest BCUT2D eigenvalue weighted by atomic mass is 32.1. The summed E-state index contributed by atoms with van der Waals surface area (Å²) >= 11 is 1.48. The molecule has 0 atom stereocenters. The van der Waals surface area contributed by atoms with Gasteiger partial charge < -0.3 is 14.5 Å². The van der Waals surface area contributed by atoms with E-state index in [2.05, 4.69) is 90.2 Å². The molecule has 0 bridgehead atoms. The molecule has 3 aromatic rings. The van der Waals surface area contributed by atoms with Crippen LogP contribution in [0.15, 0.2) is 54.7 Å². The van der Waals surface area contributed by atoms with Gasteiger partial charge in [-0.2, -0.15) is 5.26 Å². The van der Waals surface area contributed by atoms with E-state index in [-0.39, 0.29) is 11.0 Å². The fraction of sp³-hybridized carbons (Fsp3) is 0.429. The van der Waals surface area contributed by atoms with Crippen LogP contribution in [0.4, 0.5) is 10.8 Å². The fourth-order valence-corrected chi connectivity index (χ4v) is 5.73. The van der Waals surface area contributed by atoms with Gasteiger partial charge in [-0.05, 0) is 28.7 Å². The van der Waals surface area contributed by atoms with Crippen LogP contribution in [-0.2, 0) is 12.0 Å². The van der Waals surface area contributed by atoms with Gasteiger partial charge in [-0.15, -0.1) is 0 Å². The van der Waals surface area contributed by atoms with Crippen molar-refractivity contribution in [2.24, 2.45) is 0 Å². The normalized spacial score (nSPS) is 17.6. The Morgan fingerprint density at radius 1 is 1.03 bits per heavy atom. The third-order valence-corrected chi connectivity index (χ3v) is 8.07. The number of nitriles is 1. The molecule has 2 aliphatic heterocycles. The van der Waals surface area contributed by atoms with Crippen molar-refractivity contribution in [2.45, 2.75) is 57.6 Å². The van der Waals surface area contributed by atoms with Gasteiger partial charge >= 0.3 is 0 Å². The average Bonchev–Trinajstić information content (AvgIpc) is 3.26. The summed E-state index contributed by atoms with van der Waals surface area (Å²) in [7, 11) is 0. The molecular formula is C28H32N4OS. The number of fused-ring (bicyclic) bond motifs is 1. The highest BCUT2D eigenvalue weighted by Crippen LogP contribution is 2.41. The molecular weight excluding hydrogens is 440 g/mol. The number of ether oxygens (including phenoxy) is 1. The van der Waals surface area contributed by atoms with E-state index in [9.17, 15) is 0 Å². The first-order chi connectivity index (χ1) is 16.4. The van der Waals surface area contributed by atoms with Gasteiger partial charge in [0.15, 0.2) is 5.13 Å². The van der Waals surface area contributed by atoms with Crippen molar-refractivity contribution in [3.05, 3.63) is 70.7 Å². The molecule has 1 spiro atoms. The van der Waals surface area contributed by atoms with Crippen LogP contribution >= 0.6 is 11.3 Å². The minimum Gasteiger partial charge on any atom is -0.485 e. The van der Waals surface area contributed by atoms with Crippen LogP contribution in [0.5, 0.6) is 5.75 Å². The number of anilines is 2. The molecule has 1 aromatic heterocycles. The summed E-state index contributed by atoms with van der Waals surface area (Å²) in [6, 6.07) is 19.8. The SMILES string of the molecule is CC(C)(C)c1ccc(CN2CCC3(CCN(c4ncc(C#N)s4)CC3)Oc3ccccc32)cc1. The van der Waals surface area contributed by atoms with Gasteiger partial charge in [-0.1, -0.05) is 68.5 Å². The van der Waals surface area contributed by atoms with Crippen molar-refractivity contribution in [3.8, 4) is 11.8 Å². The van der Waals surface area contributed by atoms with Crippen molar-refractivity contribution in [2.75, 3.05) is 29.4 Å². The zero-order chi connectivity index (χ0) is 23.8. The Hall–Kier alpha value is -3.04. The van der Waals surface area contributed by atoms with Crippen LogP contribution in [-0.4, -0.2) is 30.2 Å². The first kappa shape index (κ1) is 22.7. The molecule has 0 N–H and O–H groups in total. The lowest BCUT2D eigenvalue weighted by molar-refractivity contribution is 0.0411. The highest BCUT2D eigenvalue weighted by Gasteiger charge is 2.40. The van der Waals surface area contributed by atoms with Gasteiger partial charge in [0.1, 0.15) is 22.3 Å². The van der Waals surface area contributed by atoms with E-state index < -0.39 is 0 Å². The molecule has 0 saturated carbocycles. The third-order valence-electron chi connectivity index (χ3n) is 7.11. The zero-order valence-corrected chi connectivity index (χ0v) is 21.1. The molecule has 1 saturated heterocycles. The van der Waals surface area contributed by atoms with E-state index in [1.807, 2.05) is 0 Å². The van der Waals surface area contributed by atoms with Gasteiger partial charge in [0.25, 0.3) is 0 Å². The molecule has 0 aliphatic carbocycles. The van der Waals surface area contributed by atoms with E-state index in [0.29, 0.717) is 4.88 Å². The summed E-state index contributed by atoms with van der Waals surface area (Å²) in [5, 5.41) is 10.1. The molecule has 0 unspecified atom stereocenters. The van der Waals surface area contributed by atoms with E-state index in [0.717, 1.165) is 56.3 Å². The van der Waals surface area contributed by atoms with Crippen molar-refractivity contribution in [1.82, 2.24) is 4.98 Å². The Balaban J connectivity index is 1.32. The Labute approximate surface area is 206 Å². The molecule has 3 heterocycles. The molecule has 2 aliphatic rings. The molecule has 0 amide bonds. The quantitative estimate of drug-likeness (QED) is 0.458. The zero-order valence-electron chi connectivity index (χ0n) is 20.3. The van der Waals surface area contributed by atoms with Gasteiger partial charge in [-0.3, -0.25) is 0 Å². The number of piperidine rings is 1. The Bertz CT molecular complexity index is 1180. The van der Waals surface area contributed by atoms with Crippen LogP contribution in [0.2, 0.25) is 0 Å². The molecule has 5 nitrogen and oxygen atoms in total. The number of hydrogen-bond donors (Lipinski definition) is 0. The van der Waals surface area contributed by atoms with E-state index >= 15 is 0 Å². The van der Waals surface area contributed by atoms with Gasteiger partial charge in [0.05, 0.1) is 11.9 Å². The van der Waals surface area contributed by atoms with Crippen LogP contribution in [0.25, 0.3) is 0 Å². The summed E-state index contributed by atoms with van der Waals surface area (Å²) in [5.74, 6) is 0.987. The number of rotatable bonds is 3. The minimum absolute atomic E-state index is 0.160.